The first-order valence-electron chi connectivity index (χ1n) is 3.88. The summed E-state index contributed by atoms with van der Waals surface area (Å²) < 4.78 is 5.34. The molecule has 60 valence electrons. The highest BCUT2D eigenvalue weighted by atomic mass is 16.5. The van der Waals surface area contributed by atoms with Crippen LogP contribution in [0.3, 0.4) is 0 Å². The summed E-state index contributed by atoms with van der Waals surface area (Å²) in [7, 11) is 0. The first kappa shape index (κ1) is 8.02. The van der Waals surface area contributed by atoms with E-state index in [9.17, 15) is 0 Å². The van der Waals surface area contributed by atoms with Crippen molar-refractivity contribution in [2.24, 2.45) is 11.1 Å². The minimum Gasteiger partial charge on any atom is -0.379 e. The fourth-order valence-electron chi connectivity index (χ4n) is 1.41. The minimum atomic E-state index is -0.0903. The van der Waals surface area contributed by atoms with Crippen LogP contribution in [0.5, 0.6) is 0 Å². The number of hydrogen-bond acceptors (Lipinski definition) is 2. The van der Waals surface area contributed by atoms with Crippen molar-refractivity contribution in [3.63, 3.8) is 0 Å². The van der Waals surface area contributed by atoms with Crippen LogP contribution in [0.25, 0.3) is 0 Å². The molecule has 1 unspecified atom stereocenters. The van der Waals surface area contributed by atoms with E-state index in [0.717, 1.165) is 19.6 Å². The first-order valence-corrected chi connectivity index (χ1v) is 3.88. The van der Waals surface area contributed by atoms with E-state index in [1.165, 1.54) is 0 Å². The molecule has 0 saturated carbocycles. The largest absolute Gasteiger partial charge is 0.379 e. The third-order valence-corrected chi connectivity index (χ3v) is 2.80. The van der Waals surface area contributed by atoms with Crippen molar-refractivity contribution in [3.8, 4) is 0 Å². The number of rotatable bonds is 1. The summed E-state index contributed by atoms with van der Waals surface area (Å²) in [5.74, 6) is 0. The Balaban J connectivity index is 2.76. The molecule has 2 N–H and O–H groups in total. The van der Waals surface area contributed by atoms with E-state index in [1.807, 2.05) is 0 Å². The summed E-state index contributed by atoms with van der Waals surface area (Å²) in [6.07, 6.45) is 1.00. The van der Waals surface area contributed by atoms with E-state index < -0.39 is 0 Å². The summed E-state index contributed by atoms with van der Waals surface area (Å²) in [4.78, 5) is 0. The lowest BCUT2D eigenvalue weighted by atomic mass is 9.74. The highest BCUT2D eigenvalue weighted by Gasteiger charge is 2.45. The van der Waals surface area contributed by atoms with Gasteiger partial charge < -0.3 is 10.5 Å². The van der Waals surface area contributed by atoms with E-state index in [-0.39, 0.29) is 11.0 Å². The summed E-state index contributed by atoms with van der Waals surface area (Å²) in [6, 6.07) is 0. The van der Waals surface area contributed by atoms with Crippen molar-refractivity contribution in [2.45, 2.75) is 32.7 Å². The van der Waals surface area contributed by atoms with Gasteiger partial charge in [0.25, 0.3) is 0 Å². The third kappa shape index (κ3) is 0.956. The molecule has 0 aromatic rings. The number of ether oxygens (including phenoxy) is 1. The lowest BCUT2D eigenvalue weighted by molar-refractivity contribution is 0.166. The second-order valence-electron chi connectivity index (χ2n) is 3.89. The van der Waals surface area contributed by atoms with E-state index in [1.54, 1.807) is 0 Å². The predicted molar refractivity (Wildman–Crippen MR) is 41.8 cm³/mol. The van der Waals surface area contributed by atoms with Gasteiger partial charge in [-0.1, -0.05) is 20.8 Å². The summed E-state index contributed by atoms with van der Waals surface area (Å²) in [6.45, 7) is 7.98. The SMILES string of the molecule is CCC1(N)COCC1(C)C. The van der Waals surface area contributed by atoms with Gasteiger partial charge in [0, 0.05) is 11.0 Å². The molecular formula is C8H17NO. The molecule has 10 heavy (non-hydrogen) atoms. The summed E-state index contributed by atoms with van der Waals surface area (Å²) in [5.41, 5.74) is 6.18. The van der Waals surface area contributed by atoms with Crippen LogP contribution in [0.1, 0.15) is 27.2 Å². The van der Waals surface area contributed by atoms with Crippen LogP contribution >= 0.6 is 0 Å². The fraction of sp³-hybridized carbons (Fsp3) is 1.00. The molecule has 1 rings (SSSR count). The lowest BCUT2D eigenvalue weighted by Gasteiger charge is -2.34. The van der Waals surface area contributed by atoms with Crippen LogP contribution in [0.15, 0.2) is 0 Å². The van der Waals surface area contributed by atoms with Crippen molar-refractivity contribution >= 4 is 0 Å². The van der Waals surface area contributed by atoms with Gasteiger partial charge in [-0.15, -0.1) is 0 Å². The fourth-order valence-corrected chi connectivity index (χ4v) is 1.41. The van der Waals surface area contributed by atoms with Gasteiger partial charge in [-0.25, -0.2) is 0 Å². The maximum atomic E-state index is 6.11. The number of hydrogen-bond donors (Lipinski definition) is 1. The Morgan fingerprint density at radius 2 is 2.00 bits per heavy atom. The molecule has 1 aliphatic heterocycles. The number of nitrogens with two attached hydrogens (primary N) is 1. The highest BCUT2D eigenvalue weighted by Crippen LogP contribution is 2.37. The highest BCUT2D eigenvalue weighted by molar-refractivity contribution is 5.00. The third-order valence-electron chi connectivity index (χ3n) is 2.80. The van der Waals surface area contributed by atoms with Gasteiger partial charge in [-0.2, -0.15) is 0 Å². The standard InChI is InChI=1S/C8H17NO/c1-4-8(9)6-10-5-7(8,2)3/h4-6,9H2,1-3H3. The first-order chi connectivity index (χ1) is 4.52. The molecule has 1 saturated heterocycles. The van der Waals surface area contributed by atoms with Gasteiger partial charge >= 0.3 is 0 Å². The maximum absolute atomic E-state index is 6.11. The molecule has 2 heteroatoms. The van der Waals surface area contributed by atoms with Crippen molar-refractivity contribution in [1.82, 2.24) is 0 Å². The Labute approximate surface area is 62.7 Å². The molecule has 0 radical (unpaired) electrons. The van der Waals surface area contributed by atoms with Gasteiger partial charge in [-0.3, -0.25) is 0 Å². The second-order valence-corrected chi connectivity index (χ2v) is 3.89. The Hall–Kier alpha value is -0.0800. The van der Waals surface area contributed by atoms with Gasteiger partial charge in [0.1, 0.15) is 0 Å². The maximum Gasteiger partial charge on any atom is 0.0652 e. The molecule has 0 spiro atoms. The molecule has 0 bridgehead atoms. The van der Waals surface area contributed by atoms with Crippen molar-refractivity contribution < 1.29 is 4.74 Å². The zero-order valence-corrected chi connectivity index (χ0v) is 7.11. The zero-order chi connectivity index (χ0) is 7.83. The average Bonchev–Trinajstić information content (AvgIpc) is 2.10. The molecule has 1 aliphatic rings. The Morgan fingerprint density at radius 1 is 1.40 bits per heavy atom. The van der Waals surface area contributed by atoms with Crippen LogP contribution in [-0.4, -0.2) is 18.8 Å². The quantitative estimate of drug-likeness (QED) is 0.597. The molecule has 1 heterocycles. The van der Waals surface area contributed by atoms with Crippen molar-refractivity contribution in [3.05, 3.63) is 0 Å². The van der Waals surface area contributed by atoms with Gasteiger partial charge in [0.05, 0.1) is 13.2 Å². The molecular weight excluding hydrogens is 126 g/mol. The topological polar surface area (TPSA) is 35.2 Å². The molecule has 0 aliphatic carbocycles. The van der Waals surface area contributed by atoms with Crippen molar-refractivity contribution in [2.75, 3.05) is 13.2 Å². The van der Waals surface area contributed by atoms with E-state index >= 15 is 0 Å². The van der Waals surface area contributed by atoms with Crippen LogP contribution in [0, 0.1) is 5.41 Å². The van der Waals surface area contributed by atoms with Crippen LogP contribution in [0.4, 0.5) is 0 Å². The van der Waals surface area contributed by atoms with Crippen LogP contribution < -0.4 is 5.73 Å². The molecule has 1 fully saturated rings. The van der Waals surface area contributed by atoms with Crippen LogP contribution in [-0.2, 0) is 4.74 Å². The Morgan fingerprint density at radius 3 is 2.20 bits per heavy atom. The average molecular weight is 143 g/mol. The monoisotopic (exact) mass is 143 g/mol. The molecule has 0 aromatic heterocycles. The normalized spacial score (nSPS) is 38.4. The zero-order valence-electron chi connectivity index (χ0n) is 7.11. The minimum absolute atomic E-state index is 0.0903. The lowest BCUT2D eigenvalue weighted by Crippen LogP contribution is -2.51. The van der Waals surface area contributed by atoms with Crippen LogP contribution in [0.2, 0.25) is 0 Å². The molecule has 1 atom stereocenters. The summed E-state index contributed by atoms with van der Waals surface area (Å²) in [5, 5.41) is 0. The van der Waals surface area contributed by atoms with Gasteiger partial charge in [0.2, 0.25) is 0 Å². The Kier molecular flexibility index (Phi) is 1.77. The predicted octanol–water partition coefficient (Wildman–Crippen LogP) is 1.15. The molecule has 0 aromatic carbocycles. The second kappa shape index (κ2) is 2.21. The van der Waals surface area contributed by atoms with Gasteiger partial charge in [0.15, 0.2) is 0 Å². The smallest absolute Gasteiger partial charge is 0.0652 e. The summed E-state index contributed by atoms with van der Waals surface area (Å²) >= 11 is 0. The Bertz CT molecular complexity index is 133. The van der Waals surface area contributed by atoms with E-state index in [0.29, 0.717) is 0 Å². The molecule has 2 nitrogen and oxygen atoms in total. The van der Waals surface area contributed by atoms with Gasteiger partial charge in [-0.05, 0) is 6.42 Å². The van der Waals surface area contributed by atoms with E-state index in [2.05, 4.69) is 20.8 Å². The van der Waals surface area contributed by atoms with Crippen molar-refractivity contribution in [1.29, 1.82) is 0 Å². The molecule has 0 amide bonds. The van der Waals surface area contributed by atoms with E-state index in [4.69, 9.17) is 10.5 Å².